The Kier molecular flexibility index (Phi) is 4.07. The number of carbonyl (C=O) groups is 1. The zero-order chi connectivity index (χ0) is 17.2. The van der Waals surface area contributed by atoms with Crippen LogP contribution in [-0.4, -0.2) is 20.6 Å². The second-order valence-electron chi connectivity index (χ2n) is 5.58. The minimum atomic E-state index is -0.334. The Balaban J connectivity index is 1.62. The van der Waals surface area contributed by atoms with Crippen LogP contribution in [0, 0.1) is 0 Å². The molecule has 0 saturated carbocycles. The average Bonchev–Trinajstić information content (AvgIpc) is 3.35. The Morgan fingerprint density at radius 1 is 1.28 bits per heavy atom. The van der Waals surface area contributed by atoms with E-state index in [9.17, 15) is 4.79 Å². The Labute approximate surface area is 148 Å². The second-order valence-corrected chi connectivity index (χ2v) is 6.53. The van der Waals surface area contributed by atoms with Gasteiger partial charge in [-0.05, 0) is 30.0 Å². The van der Waals surface area contributed by atoms with Gasteiger partial charge in [-0.15, -0.1) is 11.3 Å². The molecule has 0 aliphatic rings. The fourth-order valence-electron chi connectivity index (χ4n) is 2.70. The topological polar surface area (TPSA) is 73.0 Å². The van der Waals surface area contributed by atoms with E-state index < -0.39 is 0 Å². The third-order valence-electron chi connectivity index (χ3n) is 3.83. The number of amides is 1. The monoisotopic (exact) mass is 352 g/mol. The van der Waals surface area contributed by atoms with Crippen LogP contribution in [0.15, 0.2) is 52.4 Å². The highest BCUT2D eigenvalue weighted by molar-refractivity contribution is 7.13. The number of fused-ring (bicyclic) bond motifs is 1. The summed E-state index contributed by atoms with van der Waals surface area (Å²) in [6.45, 7) is 2.86. The third kappa shape index (κ3) is 2.94. The maximum Gasteiger partial charge on any atom is 0.280 e. The van der Waals surface area contributed by atoms with E-state index in [0.29, 0.717) is 11.7 Å². The number of hydrogen-bond donors (Lipinski definition) is 1. The molecule has 0 aliphatic heterocycles. The first-order valence-corrected chi connectivity index (χ1v) is 8.91. The van der Waals surface area contributed by atoms with Crippen molar-refractivity contribution in [2.24, 2.45) is 0 Å². The van der Waals surface area contributed by atoms with E-state index in [0.717, 1.165) is 28.9 Å². The number of imidazole rings is 1. The molecule has 0 aliphatic carbocycles. The number of nitrogens with one attached hydrogen (secondary N) is 1. The SMILES string of the molecule is CCCn1c(NC(=O)c2cc(-c3cccs3)on2)nc2ccccc21. The molecule has 126 valence electrons. The molecule has 1 N–H and O–H groups in total. The number of anilines is 1. The molecule has 0 bridgehead atoms. The predicted molar refractivity (Wildman–Crippen MR) is 97.8 cm³/mol. The van der Waals surface area contributed by atoms with Crippen molar-refractivity contribution in [3.05, 3.63) is 53.5 Å². The van der Waals surface area contributed by atoms with E-state index in [1.54, 1.807) is 6.07 Å². The molecule has 0 fully saturated rings. The summed E-state index contributed by atoms with van der Waals surface area (Å²) >= 11 is 1.54. The van der Waals surface area contributed by atoms with Crippen molar-refractivity contribution in [2.45, 2.75) is 19.9 Å². The molecule has 1 amide bonds. The van der Waals surface area contributed by atoms with Crippen LogP contribution in [0.2, 0.25) is 0 Å². The van der Waals surface area contributed by atoms with Crippen molar-refractivity contribution in [3.63, 3.8) is 0 Å². The number of aromatic nitrogens is 3. The van der Waals surface area contributed by atoms with Crippen molar-refractivity contribution < 1.29 is 9.32 Å². The summed E-state index contributed by atoms with van der Waals surface area (Å²) in [6.07, 6.45) is 0.940. The van der Waals surface area contributed by atoms with E-state index in [-0.39, 0.29) is 11.6 Å². The summed E-state index contributed by atoms with van der Waals surface area (Å²) in [5, 5.41) is 8.68. The summed E-state index contributed by atoms with van der Waals surface area (Å²) in [6, 6.07) is 13.3. The van der Waals surface area contributed by atoms with Crippen LogP contribution in [0.5, 0.6) is 0 Å². The van der Waals surface area contributed by atoms with Gasteiger partial charge in [-0.1, -0.05) is 30.3 Å². The van der Waals surface area contributed by atoms with E-state index >= 15 is 0 Å². The largest absolute Gasteiger partial charge is 0.355 e. The molecule has 1 aromatic carbocycles. The van der Waals surface area contributed by atoms with Crippen molar-refractivity contribution in [3.8, 4) is 10.6 Å². The molecular formula is C18H16N4O2S. The van der Waals surface area contributed by atoms with Gasteiger partial charge in [0.25, 0.3) is 5.91 Å². The number of para-hydroxylation sites is 2. The van der Waals surface area contributed by atoms with Gasteiger partial charge in [0.1, 0.15) is 0 Å². The summed E-state index contributed by atoms with van der Waals surface area (Å²) in [5.41, 5.74) is 2.09. The van der Waals surface area contributed by atoms with Gasteiger partial charge in [-0.25, -0.2) is 4.98 Å². The average molecular weight is 352 g/mol. The van der Waals surface area contributed by atoms with Crippen LogP contribution in [0.25, 0.3) is 21.7 Å². The van der Waals surface area contributed by atoms with Gasteiger partial charge < -0.3 is 9.09 Å². The fourth-order valence-corrected chi connectivity index (χ4v) is 3.38. The van der Waals surface area contributed by atoms with Gasteiger partial charge in [-0.3, -0.25) is 10.1 Å². The molecule has 0 saturated heterocycles. The quantitative estimate of drug-likeness (QED) is 0.577. The molecule has 25 heavy (non-hydrogen) atoms. The lowest BCUT2D eigenvalue weighted by Gasteiger charge is -2.07. The van der Waals surface area contributed by atoms with Gasteiger partial charge in [0.2, 0.25) is 5.95 Å². The first-order valence-electron chi connectivity index (χ1n) is 8.03. The highest BCUT2D eigenvalue weighted by atomic mass is 32.1. The van der Waals surface area contributed by atoms with Gasteiger partial charge in [0.15, 0.2) is 11.5 Å². The highest BCUT2D eigenvalue weighted by Gasteiger charge is 2.18. The number of hydrogen-bond acceptors (Lipinski definition) is 5. The van der Waals surface area contributed by atoms with E-state index in [4.69, 9.17) is 4.52 Å². The molecule has 4 aromatic rings. The lowest BCUT2D eigenvalue weighted by atomic mass is 10.3. The number of nitrogens with zero attached hydrogens (tertiary/aromatic N) is 3. The highest BCUT2D eigenvalue weighted by Crippen LogP contribution is 2.26. The minimum Gasteiger partial charge on any atom is -0.355 e. The standard InChI is InChI=1S/C18H16N4O2S/c1-2-9-22-14-7-4-3-6-12(14)19-18(22)20-17(23)13-11-15(24-21-13)16-8-5-10-25-16/h3-8,10-11H,2,9H2,1H3,(H,19,20,23). The maximum absolute atomic E-state index is 12.5. The molecule has 4 rings (SSSR count). The first kappa shape index (κ1) is 15.6. The van der Waals surface area contributed by atoms with Gasteiger partial charge in [0.05, 0.1) is 15.9 Å². The molecule has 0 atom stereocenters. The van der Waals surface area contributed by atoms with Gasteiger partial charge in [0, 0.05) is 12.6 Å². The van der Waals surface area contributed by atoms with Crippen molar-refractivity contribution in [1.82, 2.24) is 14.7 Å². The predicted octanol–water partition coefficient (Wildman–Crippen LogP) is 4.42. The molecular weight excluding hydrogens is 336 g/mol. The molecule has 0 unspecified atom stereocenters. The molecule has 3 aromatic heterocycles. The Hall–Kier alpha value is -2.93. The molecule has 6 nitrogen and oxygen atoms in total. The molecule has 7 heteroatoms. The van der Waals surface area contributed by atoms with Crippen LogP contribution >= 0.6 is 11.3 Å². The number of benzene rings is 1. The molecule has 0 spiro atoms. The minimum absolute atomic E-state index is 0.235. The summed E-state index contributed by atoms with van der Waals surface area (Å²) < 4.78 is 7.28. The molecule has 0 radical (unpaired) electrons. The summed E-state index contributed by atoms with van der Waals surface area (Å²) in [5.74, 6) is 0.773. The zero-order valence-electron chi connectivity index (χ0n) is 13.6. The van der Waals surface area contributed by atoms with Crippen LogP contribution in [0.4, 0.5) is 5.95 Å². The zero-order valence-corrected chi connectivity index (χ0v) is 14.4. The molecule has 3 heterocycles. The maximum atomic E-state index is 12.5. The first-order chi connectivity index (χ1) is 12.3. The lowest BCUT2D eigenvalue weighted by Crippen LogP contribution is -2.16. The Bertz CT molecular complexity index is 1020. The Morgan fingerprint density at radius 2 is 2.16 bits per heavy atom. The normalized spacial score (nSPS) is 11.1. The van der Waals surface area contributed by atoms with E-state index in [2.05, 4.69) is 22.4 Å². The van der Waals surface area contributed by atoms with E-state index in [1.165, 1.54) is 11.3 Å². The van der Waals surface area contributed by atoms with Crippen molar-refractivity contribution in [1.29, 1.82) is 0 Å². The summed E-state index contributed by atoms with van der Waals surface area (Å²) in [7, 11) is 0. The number of carbonyl (C=O) groups excluding carboxylic acids is 1. The lowest BCUT2D eigenvalue weighted by molar-refractivity contribution is 0.101. The smallest absolute Gasteiger partial charge is 0.280 e. The summed E-state index contributed by atoms with van der Waals surface area (Å²) in [4.78, 5) is 18.0. The number of aryl methyl sites for hydroxylation is 1. The Morgan fingerprint density at radius 3 is 2.96 bits per heavy atom. The van der Waals surface area contributed by atoms with Crippen molar-refractivity contribution >= 4 is 34.2 Å². The van der Waals surface area contributed by atoms with Crippen LogP contribution in [-0.2, 0) is 6.54 Å². The van der Waals surface area contributed by atoms with Gasteiger partial charge in [-0.2, -0.15) is 0 Å². The van der Waals surface area contributed by atoms with Gasteiger partial charge >= 0.3 is 0 Å². The van der Waals surface area contributed by atoms with Crippen LogP contribution < -0.4 is 5.32 Å². The van der Waals surface area contributed by atoms with Crippen LogP contribution in [0.3, 0.4) is 0 Å². The third-order valence-corrected chi connectivity index (χ3v) is 4.72. The van der Waals surface area contributed by atoms with Crippen molar-refractivity contribution in [2.75, 3.05) is 5.32 Å². The van der Waals surface area contributed by atoms with Crippen LogP contribution in [0.1, 0.15) is 23.8 Å². The number of thiophene rings is 1. The number of rotatable bonds is 5. The fraction of sp³-hybridized carbons (Fsp3) is 0.167. The second kappa shape index (κ2) is 6.52. The van der Waals surface area contributed by atoms with E-state index in [1.807, 2.05) is 46.3 Å².